The largest absolute Gasteiger partial charge is 0.464 e. The molecule has 6 heteroatoms. The number of aryl methyl sites for hydroxylation is 1. The van der Waals surface area contributed by atoms with Gasteiger partial charge in [0.25, 0.3) is 0 Å². The summed E-state index contributed by atoms with van der Waals surface area (Å²) in [6.45, 7) is 6.29. The van der Waals surface area contributed by atoms with E-state index in [9.17, 15) is 4.79 Å². The molecule has 0 bridgehead atoms. The van der Waals surface area contributed by atoms with Crippen LogP contribution in [0.25, 0.3) is 0 Å². The molecule has 1 N–H and O–H groups in total. The van der Waals surface area contributed by atoms with Crippen molar-refractivity contribution in [3.63, 3.8) is 0 Å². The normalized spacial score (nSPS) is 19.7. The van der Waals surface area contributed by atoms with Gasteiger partial charge < -0.3 is 15.0 Å². The first kappa shape index (κ1) is 12.8. The number of esters is 1. The van der Waals surface area contributed by atoms with E-state index in [1.807, 2.05) is 24.8 Å². The molecular formula is C12H18N4O2. The summed E-state index contributed by atoms with van der Waals surface area (Å²) in [5.41, 5.74) is 1.03. The van der Waals surface area contributed by atoms with Gasteiger partial charge in [0.1, 0.15) is 6.04 Å². The summed E-state index contributed by atoms with van der Waals surface area (Å²) in [7, 11) is 0. The first-order chi connectivity index (χ1) is 8.72. The highest BCUT2D eigenvalue weighted by Gasteiger charge is 2.30. The zero-order valence-electron chi connectivity index (χ0n) is 10.7. The number of carbonyl (C=O) groups is 1. The van der Waals surface area contributed by atoms with E-state index in [-0.39, 0.29) is 12.0 Å². The van der Waals surface area contributed by atoms with Crippen molar-refractivity contribution in [3.8, 4) is 0 Å². The Hall–Kier alpha value is -1.69. The lowest BCUT2D eigenvalue weighted by molar-refractivity contribution is -0.144. The Bertz CT molecular complexity index is 424. The predicted molar refractivity (Wildman–Crippen MR) is 67.4 cm³/mol. The molecule has 1 atom stereocenters. The number of aromatic nitrogens is 2. The molecule has 2 rings (SSSR count). The third-order valence-electron chi connectivity index (χ3n) is 2.87. The van der Waals surface area contributed by atoms with Crippen molar-refractivity contribution in [2.75, 3.05) is 31.1 Å². The quantitative estimate of drug-likeness (QED) is 0.769. The fourth-order valence-corrected chi connectivity index (χ4v) is 2.02. The third kappa shape index (κ3) is 2.76. The Kier molecular flexibility index (Phi) is 4.09. The molecule has 1 aromatic heterocycles. The van der Waals surface area contributed by atoms with Crippen molar-refractivity contribution < 1.29 is 9.53 Å². The Morgan fingerprint density at radius 1 is 1.67 bits per heavy atom. The summed E-state index contributed by atoms with van der Waals surface area (Å²) < 4.78 is 5.09. The van der Waals surface area contributed by atoms with Crippen molar-refractivity contribution in [1.29, 1.82) is 0 Å². The highest BCUT2D eigenvalue weighted by molar-refractivity contribution is 5.80. The van der Waals surface area contributed by atoms with Crippen LogP contribution in [-0.2, 0) is 9.53 Å². The summed E-state index contributed by atoms with van der Waals surface area (Å²) in [6.07, 6.45) is 1.70. The Morgan fingerprint density at radius 3 is 3.22 bits per heavy atom. The summed E-state index contributed by atoms with van der Waals surface area (Å²) in [4.78, 5) is 13.9. The molecule has 1 fully saturated rings. The molecule has 1 aliphatic heterocycles. The van der Waals surface area contributed by atoms with Gasteiger partial charge in [-0.25, -0.2) is 4.79 Å². The third-order valence-corrected chi connectivity index (χ3v) is 2.87. The zero-order chi connectivity index (χ0) is 13.0. The predicted octanol–water partition coefficient (Wildman–Crippen LogP) is 0.126. The molecular weight excluding hydrogens is 232 g/mol. The van der Waals surface area contributed by atoms with Gasteiger partial charge in [0.05, 0.1) is 12.8 Å². The Balaban J connectivity index is 2.20. The van der Waals surface area contributed by atoms with Crippen LogP contribution in [0.1, 0.15) is 12.5 Å². The Morgan fingerprint density at radius 2 is 2.50 bits per heavy atom. The summed E-state index contributed by atoms with van der Waals surface area (Å²) >= 11 is 0. The highest BCUT2D eigenvalue weighted by atomic mass is 16.5. The zero-order valence-corrected chi connectivity index (χ0v) is 10.7. The van der Waals surface area contributed by atoms with E-state index in [1.54, 1.807) is 6.20 Å². The maximum atomic E-state index is 11.9. The molecule has 98 valence electrons. The summed E-state index contributed by atoms with van der Waals surface area (Å²) in [5.74, 6) is 0.516. The second kappa shape index (κ2) is 5.77. The van der Waals surface area contributed by atoms with Gasteiger partial charge in [-0.05, 0) is 25.5 Å². The molecule has 0 amide bonds. The van der Waals surface area contributed by atoms with Gasteiger partial charge in [-0.1, -0.05) is 0 Å². The van der Waals surface area contributed by atoms with Crippen LogP contribution in [0.2, 0.25) is 0 Å². The topological polar surface area (TPSA) is 67.3 Å². The van der Waals surface area contributed by atoms with Crippen molar-refractivity contribution >= 4 is 11.8 Å². The van der Waals surface area contributed by atoms with E-state index in [0.29, 0.717) is 13.2 Å². The van der Waals surface area contributed by atoms with E-state index in [4.69, 9.17) is 4.74 Å². The van der Waals surface area contributed by atoms with Crippen LogP contribution < -0.4 is 10.2 Å². The van der Waals surface area contributed by atoms with Crippen molar-refractivity contribution in [3.05, 3.63) is 17.8 Å². The fourth-order valence-electron chi connectivity index (χ4n) is 2.02. The molecule has 0 spiro atoms. The van der Waals surface area contributed by atoms with E-state index in [2.05, 4.69) is 15.5 Å². The van der Waals surface area contributed by atoms with Gasteiger partial charge in [-0.3, -0.25) is 0 Å². The number of carbonyl (C=O) groups excluding carboxylic acids is 1. The minimum absolute atomic E-state index is 0.215. The summed E-state index contributed by atoms with van der Waals surface area (Å²) in [6, 6.07) is 1.61. The fraction of sp³-hybridized carbons (Fsp3) is 0.583. The van der Waals surface area contributed by atoms with Gasteiger partial charge in [-0.15, -0.1) is 5.10 Å². The van der Waals surface area contributed by atoms with Crippen molar-refractivity contribution in [2.45, 2.75) is 19.9 Å². The summed E-state index contributed by atoms with van der Waals surface area (Å²) in [5, 5.41) is 11.2. The number of nitrogens with zero attached hydrogens (tertiary/aromatic N) is 3. The average molecular weight is 250 g/mol. The molecule has 2 heterocycles. The van der Waals surface area contributed by atoms with E-state index in [0.717, 1.165) is 24.5 Å². The van der Waals surface area contributed by atoms with Crippen molar-refractivity contribution in [1.82, 2.24) is 15.5 Å². The van der Waals surface area contributed by atoms with Crippen molar-refractivity contribution in [2.24, 2.45) is 0 Å². The standard InChI is InChI=1S/C12H18N4O2/c1-3-18-12(17)10-8-13-4-5-16(10)11-6-9(2)7-14-15-11/h6-7,10,13H,3-5,8H2,1-2H3. The monoisotopic (exact) mass is 250 g/mol. The lowest BCUT2D eigenvalue weighted by Gasteiger charge is -2.35. The van der Waals surface area contributed by atoms with Crippen LogP contribution in [0.4, 0.5) is 5.82 Å². The van der Waals surface area contributed by atoms with Gasteiger partial charge >= 0.3 is 5.97 Å². The molecule has 6 nitrogen and oxygen atoms in total. The maximum absolute atomic E-state index is 11.9. The number of hydrogen-bond donors (Lipinski definition) is 1. The van der Waals surface area contributed by atoms with Crippen LogP contribution in [0.5, 0.6) is 0 Å². The molecule has 0 radical (unpaired) electrons. The van der Waals surface area contributed by atoms with Crippen LogP contribution in [0.3, 0.4) is 0 Å². The molecule has 0 saturated carbocycles. The van der Waals surface area contributed by atoms with Gasteiger partial charge in [0.2, 0.25) is 0 Å². The molecule has 1 aliphatic rings. The highest BCUT2D eigenvalue weighted by Crippen LogP contribution is 2.16. The van der Waals surface area contributed by atoms with Crippen LogP contribution >= 0.6 is 0 Å². The number of hydrogen-bond acceptors (Lipinski definition) is 6. The van der Waals surface area contributed by atoms with Gasteiger partial charge in [0.15, 0.2) is 5.82 Å². The van der Waals surface area contributed by atoms with E-state index < -0.39 is 0 Å². The SMILES string of the molecule is CCOC(=O)C1CNCCN1c1cc(C)cnn1. The second-order valence-corrected chi connectivity index (χ2v) is 4.26. The first-order valence-electron chi connectivity index (χ1n) is 6.15. The van der Waals surface area contributed by atoms with Gasteiger partial charge in [0, 0.05) is 19.6 Å². The molecule has 1 aromatic rings. The molecule has 18 heavy (non-hydrogen) atoms. The first-order valence-corrected chi connectivity index (χ1v) is 6.15. The maximum Gasteiger partial charge on any atom is 0.330 e. The lowest BCUT2D eigenvalue weighted by atomic mass is 10.2. The second-order valence-electron chi connectivity index (χ2n) is 4.26. The van der Waals surface area contributed by atoms with Crippen LogP contribution in [0.15, 0.2) is 12.3 Å². The minimum Gasteiger partial charge on any atom is -0.464 e. The van der Waals surface area contributed by atoms with Crippen LogP contribution in [-0.4, -0.2) is 48.4 Å². The van der Waals surface area contributed by atoms with Gasteiger partial charge in [-0.2, -0.15) is 5.10 Å². The minimum atomic E-state index is -0.324. The molecule has 1 saturated heterocycles. The number of nitrogens with one attached hydrogen (secondary N) is 1. The smallest absolute Gasteiger partial charge is 0.330 e. The van der Waals surface area contributed by atoms with E-state index in [1.165, 1.54) is 0 Å². The van der Waals surface area contributed by atoms with E-state index >= 15 is 0 Å². The van der Waals surface area contributed by atoms with Crippen LogP contribution in [0, 0.1) is 6.92 Å². The Labute approximate surface area is 106 Å². The number of piperazine rings is 1. The molecule has 0 aliphatic carbocycles. The average Bonchev–Trinajstić information content (AvgIpc) is 2.39. The molecule has 1 unspecified atom stereocenters. The number of rotatable bonds is 3. The lowest BCUT2D eigenvalue weighted by Crippen LogP contribution is -2.56. The number of anilines is 1. The number of ether oxygens (including phenoxy) is 1. The molecule has 0 aromatic carbocycles.